The fourth-order valence-electron chi connectivity index (χ4n) is 3.92. The fourth-order valence-corrected chi connectivity index (χ4v) is 3.92. The zero-order valence-corrected chi connectivity index (χ0v) is 15.5. The Hall–Kier alpha value is -2.28. The molecule has 1 fully saturated rings. The van der Waals surface area contributed by atoms with Gasteiger partial charge in [-0.05, 0) is 46.4 Å². The average Bonchev–Trinajstić information content (AvgIpc) is 3.16. The molecular formula is C21H26N4O2. The van der Waals surface area contributed by atoms with Gasteiger partial charge in [-0.25, -0.2) is 4.63 Å². The van der Waals surface area contributed by atoms with Gasteiger partial charge in [0.1, 0.15) is 11.0 Å². The summed E-state index contributed by atoms with van der Waals surface area (Å²) < 4.78 is 4.79. The second kappa shape index (κ2) is 8.61. The molecule has 2 heterocycles. The molecule has 0 saturated carbocycles. The van der Waals surface area contributed by atoms with Crippen LogP contribution in [-0.4, -0.2) is 64.0 Å². The summed E-state index contributed by atoms with van der Waals surface area (Å²) in [5, 5.41) is 17.3. The first-order valence-electron chi connectivity index (χ1n) is 9.64. The van der Waals surface area contributed by atoms with Gasteiger partial charge in [0, 0.05) is 45.4 Å². The minimum absolute atomic E-state index is 0.233. The Morgan fingerprint density at radius 2 is 1.85 bits per heavy atom. The van der Waals surface area contributed by atoms with Crippen LogP contribution >= 0.6 is 0 Å². The van der Waals surface area contributed by atoms with Crippen molar-refractivity contribution >= 4 is 11.0 Å². The second-order valence-corrected chi connectivity index (χ2v) is 7.26. The van der Waals surface area contributed by atoms with E-state index < -0.39 is 0 Å². The number of piperazine rings is 1. The van der Waals surface area contributed by atoms with Gasteiger partial charge in [0.25, 0.3) is 0 Å². The number of hydrogen-bond acceptors (Lipinski definition) is 6. The Balaban J connectivity index is 1.36. The molecule has 1 atom stereocenters. The zero-order chi connectivity index (χ0) is 18.5. The smallest absolute Gasteiger partial charge is 0.135 e. The molecule has 0 spiro atoms. The summed E-state index contributed by atoms with van der Waals surface area (Å²) in [6.45, 7) is 5.20. The predicted molar refractivity (Wildman–Crippen MR) is 104 cm³/mol. The summed E-state index contributed by atoms with van der Waals surface area (Å²) in [6.07, 6.45) is 1.87. The first kappa shape index (κ1) is 18.1. The van der Waals surface area contributed by atoms with Crippen LogP contribution in [0.15, 0.2) is 53.2 Å². The Morgan fingerprint density at radius 1 is 1.00 bits per heavy atom. The number of nitrogens with zero attached hydrogens (tertiary/aromatic N) is 4. The number of fused-ring (bicyclic) bond motifs is 1. The number of aliphatic hydroxyl groups excluding tert-OH is 1. The van der Waals surface area contributed by atoms with Crippen molar-refractivity contribution in [3.63, 3.8) is 0 Å². The van der Waals surface area contributed by atoms with Crippen LogP contribution < -0.4 is 0 Å². The molecule has 0 radical (unpaired) electrons. The van der Waals surface area contributed by atoms with E-state index in [1.807, 2.05) is 6.07 Å². The van der Waals surface area contributed by atoms with Crippen molar-refractivity contribution in [1.29, 1.82) is 0 Å². The molecule has 1 saturated heterocycles. The summed E-state index contributed by atoms with van der Waals surface area (Å²) >= 11 is 0. The van der Waals surface area contributed by atoms with Crippen LogP contribution in [0.25, 0.3) is 11.0 Å². The first-order chi connectivity index (χ1) is 13.3. The van der Waals surface area contributed by atoms with Crippen LogP contribution in [0.3, 0.4) is 0 Å². The third-order valence-corrected chi connectivity index (χ3v) is 5.41. The highest BCUT2D eigenvalue weighted by Crippen LogP contribution is 2.18. The lowest BCUT2D eigenvalue weighted by molar-refractivity contribution is 0.0562. The summed E-state index contributed by atoms with van der Waals surface area (Å²) in [6, 6.07) is 17.1. The summed E-state index contributed by atoms with van der Waals surface area (Å²) in [5.41, 5.74) is 4.19. The van der Waals surface area contributed by atoms with Gasteiger partial charge >= 0.3 is 0 Å². The Kier molecular flexibility index (Phi) is 5.77. The van der Waals surface area contributed by atoms with Crippen LogP contribution in [0.2, 0.25) is 0 Å². The number of rotatable bonds is 7. The quantitative estimate of drug-likeness (QED) is 0.692. The molecule has 2 aromatic carbocycles. The molecule has 6 nitrogen and oxygen atoms in total. The van der Waals surface area contributed by atoms with E-state index in [9.17, 15) is 5.11 Å². The molecule has 0 unspecified atom stereocenters. The number of aliphatic hydroxyl groups is 1. The van der Waals surface area contributed by atoms with Gasteiger partial charge < -0.3 is 5.11 Å². The molecule has 6 heteroatoms. The molecule has 1 aromatic heterocycles. The van der Waals surface area contributed by atoms with Crippen molar-refractivity contribution in [3.8, 4) is 0 Å². The largest absolute Gasteiger partial charge is 0.396 e. The van der Waals surface area contributed by atoms with Crippen molar-refractivity contribution in [2.24, 2.45) is 0 Å². The fraction of sp³-hybridized carbons (Fsp3) is 0.429. The molecule has 1 aliphatic heterocycles. The minimum atomic E-state index is 0.233. The molecule has 3 aromatic rings. The summed E-state index contributed by atoms with van der Waals surface area (Å²) in [4.78, 5) is 5.00. The Bertz CT molecular complexity index is 852. The van der Waals surface area contributed by atoms with Crippen LogP contribution in [0, 0.1) is 0 Å². The van der Waals surface area contributed by atoms with Crippen molar-refractivity contribution in [1.82, 2.24) is 20.1 Å². The van der Waals surface area contributed by atoms with Crippen molar-refractivity contribution in [2.75, 3.05) is 32.8 Å². The predicted octanol–water partition coefficient (Wildman–Crippen LogP) is 2.33. The van der Waals surface area contributed by atoms with E-state index in [1.165, 1.54) is 11.1 Å². The maximum absolute atomic E-state index is 9.52. The van der Waals surface area contributed by atoms with E-state index >= 15 is 0 Å². The first-order valence-corrected chi connectivity index (χ1v) is 9.64. The van der Waals surface area contributed by atoms with Crippen LogP contribution in [0.5, 0.6) is 0 Å². The average molecular weight is 366 g/mol. The van der Waals surface area contributed by atoms with Gasteiger partial charge in [-0.15, -0.1) is 0 Å². The molecule has 142 valence electrons. The van der Waals surface area contributed by atoms with E-state index in [2.05, 4.69) is 62.6 Å². The van der Waals surface area contributed by atoms with E-state index in [-0.39, 0.29) is 6.61 Å². The Morgan fingerprint density at radius 3 is 2.70 bits per heavy atom. The van der Waals surface area contributed by atoms with Crippen molar-refractivity contribution < 1.29 is 9.74 Å². The molecule has 27 heavy (non-hydrogen) atoms. The van der Waals surface area contributed by atoms with Crippen molar-refractivity contribution in [2.45, 2.75) is 25.4 Å². The van der Waals surface area contributed by atoms with Gasteiger partial charge in [-0.1, -0.05) is 36.4 Å². The van der Waals surface area contributed by atoms with Gasteiger partial charge in [-0.2, -0.15) is 0 Å². The molecule has 1 aliphatic rings. The zero-order valence-electron chi connectivity index (χ0n) is 15.5. The van der Waals surface area contributed by atoms with Crippen LogP contribution in [0.4, 0.5) is 0 Å². The molecule has 4 rings (SSSR count). The third-order valence-electron chi connectivity index (χ3n) is 5.41. The maximum atomic E-state index is 9.52. The highest BCUT2D eigenvalue weighted by Gasteiger charge is 2.26. The number of hydrogen-bond donors (Lipinski definition) is 1. The molecule has 0 amide bonds. The monoisotopic (exact) mass is 366 g/mol. The van der Waals surface area contributed by atoms with E-state index in [4.69, 9.17) is 4.63 Å². The summed E-state index contributed by atoms with van der Waals surface area (Å²) in [7, 11) is 0. The number of aromatic nitrogens is 2. The van der Waals surface area contributed by atoms with Crippen LogP contribution in [-0.2, 0) is 13.0 Å². The van der Waals surface area contributed by atoms with Gasteiger partial charge in [-0.3, -0.25) is 9.80 Å². The molecular weight excluding hydrogens is 340 g/mol. The highest BCUT2D eigenvalue weighted by atomic mass is 16.6. The molecule has 1 N–H and O–H groups in total. The lowest BCUT2D eigenvalue weighted by Gasteiger charge is -2.41. The summed E-state index contributed by atoms with van der Waals surface area (Å²) in [5.74, 6) is 0. The highest BCUT2D eigenvalue weighted by molar-refractivity contribution is 5.73. The Labute approximate surface area is 159 Å². The third kappa shape index (κ3) is 4.53. The van der Waals surface area contributed by atoms with Gasteiger partial charge in [0.2, 0.25) is 0 Å². The van der Waals surface area contributed by atoms with Crippen molar-refractivity contribution in [3.05, 3.63) is 59.7 Å². The lowest BCUT2D eigenvalue weighted by Crippen LogP contribution is -2.53. The normalized spacial score (nSPS) is 18.9. The van der Waals surface area contributed by atoms with E-state index in [0.717, 1.165) is 56.6 Å². The lowest BCUT2D eigenvalue weighted by atomic mass is 10.1. The maximum Gasteiger partial charge on any atom is 0.135 e. The van der Waals surface area contributed by atoms with E-state index in [1.54, 1.807) is 0 Å². The topological polar surface area (TPSA) is 65.6 Å². The van der Waals surface area contributed by atoms with Crippen LogP contribution in [0.1, 0.15) is 17.5 Å². The SMILES string of the molecule is OCC[C@H]1CN(Cc2ccc3nonc3c2)CCN1CCc1ccccc1. The van der Waals surface area contributed by atoms with Gasteiger partial charge in [0.05, 0.1) is 0 Å². The molecule has 0 bridgehead atoms. The standard InChI is InChI=1S/C21H26N4O2/c26-13-9-19-16-24(15-18-6-7-20-21(14-18)23-27-22-20)11-12-25(19)10-8-17-4-2-1-3-5-17/h1-7,14,19,26H,8-13,15-16H2/t19-/m0/s1. The second-order valence-electron chi connectivity index (χ2n) is 7.26. The van der Waals surface area contributed by atoms with Gasteiger partial charge in [0.15, 0.2) is 0 Å². The van der Waals surface area contributed by atoms with E-state index in [0.29, 0.717) is 6.04 Å². The molecule has 0 aliphatic carbocycles. The minimum Gasteiger partial charge on any atom is -0.396 e. The number of benzene rings is 2.